The minimum atomic E-state index is -0.332. The lowest BCUT2D eigenvalue weighted by atomic mass is 10.2. The number of hydrogen-bond acceptors (Lipinski definition) is 4. The van der Waals surface area contributed by atoms with Crippen LogP contribution in [0.5, 0.6) is 0 Å². The molecule has 0 saturated carbocycles. The Hall–Kier alpha value is -2.10. The molecule has 0 aliphatic rings. The molecule has 2 unspecified atom stereocenters. The Bertz CT molecular complexity index is 574. The van der Waals surface area contributed by atoms with Gasteiger partial charge in [-0.25, -0.2) is 0 Å². The van der Waals surface area contributed by atoms with E-state index in [9.17, 15) is 0 Å². The molecule has 0 aromatic carbocycles. The van der Waals surface area contributed by atoms with Gasteiger partial charge in [0.15, 0.2) is 12.2 Å². The lowest BCUT2D eigenvalue weighted by molar-refractivity contribution is -0.0132. The Morgan fingerprint density at radius 2 is 1.09 bits per heavy atom. The molecule has 34 heavy (non-hydrogen) atoms. The molecule has 0 N–H and O–H groups in total. The third-order valence-corrected chi connectivity index (χ3v) is 5.15. The summed E-state index contributed by atoms with van der Waals surface area (Å²) in [7, 11) is 0. The van der Waals surface area contributed by atoms with Crippen LogP contribution in [0.15, 0.2) is 61.2 Å². The number of unbranched alkanes of at least 4 members (excludes halogenated alkanes) is 8. The highest BCUT2D eigenvalue weighted by Gasteiger charge is 2.22. The number of hydrogen-bond donors (Lipinski definition) is 0. The summed E-state index contributed by atoms with van der Waals surface area (Å²) in [4.78, 5) is 0. The van der Waals surface area contributed by atoms with Crippen LogP contribution in [-0.2, 0) is 18.9 Å². The van der Waals surface area contributed by atoms with Gasteiger partial charge in [-0.1, -0.05) is 53.4 Å². The van der Waals surface area contributed by atoms with E-state index in [1.54, 1.807) is 25.0 Å². The second-order valence-corrected chi connectivity index (χ2v) is 8.56. The first-order chi connectivity index (χ1) is 16.7. The third kappa shape index (κ3) is 20.5. The average Bonchev–Trinajstić information content (AvgIpc) is 2.83. The minimum absolute atomic E-state index is 0.299. The van der Waals surface area contributed by atoms with Crippen LogP contribution < -0.4 is 0 Å². The first-order valence-corrected chi connectivity index (χ1v) is 13.6. The zero-order chi connectivity index (χ0) is 25.1. The summed E-state index contributed by atoms with van der Waals surface area (Å²) in [5.41, 5.74) is 0. The molecular weight excluding hydrogens is 424 g/mol. The van der Waals surface area contributed by atoms with Crippen molar-refractivity contribution < 1.29 is 18.9 Å². The fourth-order valence-corrected chi connectivity index (χ4v) is 2.95. The van der Waals surface area contributed by atoms with E-state index in [2.05, 4.69) is 52.0 Å². The predicted molar refractivity (Wildman–Crippen MR) is 145 cm³/mol. The average molecular weight is 477 g/mol. The van der Waals surface area contributed by atoms with Crippen LogP contribution in [0.1, 0.15) is 112 Å². The summed E-state index contributed by atoms with van der Waals surface area (Å²) in [6, 6.07) is 0. The molecule has 0 saturated heterocycles. The van der Waals surface area contributed by atoms with Crippen LogP contribution >= 0.6 is 0 Å². The SMILES string of the molecule is CCCCC=COCC(OC=CCCCC)C(C=C(C)OC=CCCCC)OC=CCCCC. The standard InChI is InChI=1S/C30H52O4/c1-6-10-14-18-22-31-27-30(34-25-21-17-13-9-4)29(33-24-20-16-12-8-3)26-28(5)32-23-19-15-11-7-2/h18-26,29-30H,6-17,27H2,1-5H3. The van der Waals surface area contributed by atoms with Gasteiger partial charge in [0, 0.05) is 0 Å². The van der Waals surface area contributed by atoms with Gasteiger partial charge in [-0.05, 0) is 88.7 Å². The molecule has 0 bridgehead atoms. The van der Waals surface area contributed by atoms with Gasteiger partial charge in [-0.3, -0.25) is 0 Å². The van der Waals surface area contributed by atoms with Crippen molar-refractivity contribution in [3.63, 3.8) is 0 Å². The summed E-state index contributed by atoms with van der Waals surface area (Å²) >= 11 is 0. The highest BCUT2D eigenvalue weighted by atomic mass is 16.6. The van der Waals surface area contributed by atoms with Gasteiger partial charge in [0.1, 0.15) is 6.61 Å². The summed E-state index contributed by atoms with van der Waals surface area (Å²) < 4.78 is 23.8. The van der Waals surface area contributed by atoms with Crippen LogP contribution in [0.4, 0.5) is 0 Å². The third-order valence-electron chi connectivity index (χ3n) is 5.15. The van der Waals surface area contributed by atoms with Gasteiger partial charge >= 0.3 is 0 Å². The van der Waals surface area contributed by atoms with Gasteiger partial charge in [-0.2, -0.15) is 0 Å². The largest absolute Gasteiger partial charge is 0.497 e. The molecule has 0 aromatic heterocycles. The zero-order valence-corrected chi connectivity index (χ0v) is 22.7. The molecular formula is C30H52O4. The van der Waals surface area contributed by atoms with Crippen molar-refractivity contribution in [2.75, 3.05) is 6.61 Å². The normalized spacial score (nSPS) is 14.4. The van der Waals surface area contributed by atoms with Crippen LogP contribution in [0.3, 0.4) is 0 Å². The Morgan fingerprint density at radius 1 is 0.618 bits per heavy atom. The molecule has 0 aliphatic carbocycles. The first kappa shape index (κ1) is 31.9. The molecule has 0 aliphatic heterocycles. The van der Waals surface area contributed by atoms with Gasteiger partial charge in [0.05, 0.1) is 30.8 Å². The van der Waals surface area contributed by atoms with E-state index in [-0.39, 0.29) is 12.2 Å². The smallest absolute Gasteiger partial charge is 0.172 e. The van der Waals surface area contributed by atoms with Crippen molar-refractivity contribution in [2.24, 2.45) is 0 Å². The fraction of sp³-hybridized carbons (Fsp3) is 0.667. The molecule has 2 atom stereocenters. The van der Waals surface area contributed by atoms with Crippen molar-refractivity contribution in [1.29, 1.82) is 0 Å². The van der Waals surface area contributed by atoms with Gasteiger partial charge in [0.2, 0.25) is 0 Å². The Balaban J connectivity index is 5.32. The quantitative estimate of drug-likeness (QED) is 0.109. The van der Waals surface area contributed by atoms with Gasteiger partial charge in [-0.15, -0.1) is 0 Å². The number of allylic oxidation sites excluding steroid dienone is 5. The van der Waals surface area contributed by atoms with Crippen LogP contribution in [0.25, 0.3) is 0 Å². The Kier molecular flexibility index (Phi) is 23.9. The summed E-state index contributed by atoms with van der Waals surface area (Å²) in [6.45, 7) is 11.1. The maximum Gasteiger partial charge on any atom is 0.172 e. The second-order valence-electron chi connectivity index (χ2n) is 8.56. The van der Waals surface area contributed by atoms with E-state index < -0.39 is 0 Å². The van der Waals surface area contributed by atoms with Crippen molar-refractivity contribution >= 4 is 0 Å². The predicted octanol–water partition coefficient (Wildman–Crippen LogP) is 9.51. The van der Waals surface area contributed by atoms with E-state index in [1.165, 1.54) is 32.1 Å². The minimum Gasteiger partial charge on any atom is -0.497 e. The molecule has 0 aromatic rings. The van der Waals surface area contributed by atoms with Crippen LogP contribution in [0, 0.1) is 0 Å². The van der Waals surface area contributed by atoms with E-state index in [4.69, 9.17) is 18.9 Å². The lowest BCUT2D eigenvalue weighted by Gasteiger charge is -2.24. The van der Waals surface area contributed by atoms with E-state index in [0.717, 1.165) is 50.7 Å². The molecule has 0 spiro atoms. The number of ether oxygens (including phenoxy) is 4. The summed E-state index contributed by atoms with van der Waals surface area (Å²) in [6.07, 6.45) is 30.1. The maximum atomic E-state index is 6.12. The molecule has 4 nitrogen and oxygen atoms in total. The summed E-state index contributed by atoms with van der Waals surface area (Å²) in [5.74, 6) is 0.779. The van der Waals surface area contributed by atoms with Gasteiger partial charge < -0.3 is 18.9 Å². The number of rotatable bonds is 23. The molecule has 0 rings (SSSR count). The lowest BCUT2D eigenvalue weighted by Crippen LogP contribution is -2.32. The van der Waals surface area contributed by atoms with E-state index in [0.29, 0.717) is 6.61 Å². The van der Waals surface area contributed by atoms with Crippen LogP contribution in [0.2, 0.25) is 0 Å². The highest BCUT2D eigenvalue weighted by Crippen LogP contribution is 2.14. The molecule has 0 heterocycles. The second kappa shape index (κ2) is 25.5. The highest BCUT2D eigenvalue weighted by molar-refractivity contribution is 5.01. The zero-order valence-electron chi connectivity index (χ0n) is 22.7. The Labute approximate surface area is 210 Å². The first-order valence-electron chi connectivity index (χ1n) is 13.6. The topological polar surface area (TPSA) is 36.9 Å². The van der Waals surface area contributed by atoms with Gasteiger partial charge in [0.25, 0.3) is 0 Å². The maximum absolute atomic E-state index is 6.12. The van der Waals surface area contributed by atoms with Crippen molar-refractivity contribution in [3.8, 4) is 0 Å². The molecule has 0 radical (unpaired) electrons. The molecule has 0 fully saturated rings. The molecule has 0 amide bonds. The Morgan fingerprint density at radius 3 is 1.62 bits per heavy atom. The van der Waals surface area contributed by atoms with Crippen molar-refractivity contribution in [2.45, 2.75) is 124 Å². The van der Waals surface area contributed by atoms with Crippen molar-refractivity contribution in [3.05, 3.63) is 61.2 Å². The van der Waals surface area contributed by atoms with E-state index in [1.807, 2.05) is 13.0 Å². The van der Waals surface area contributed by atoms with Crippen molar-refractivity contribution in [1.82, 2.24) is 0 Å². The fourth-order valence-electron chi connectivity index (χ4n) is 2.95. The van der Waals surface area contributed by atoms with Crippen LogP contribution in [-0.4, -0.2) is 18.8 Å². The molecule has 4 heteroatoms. The monoisotopic (exact) mass is 476 g/mol. The molecule has 196 valence electrons. The van der Waals surface area contributed by atoms with E-state index >= 15 is 0 Å². The summed E-state index contributed by atoms with van der Waals surface area (Å²) in [5, 5.41) is 0.